The molecule has 1 unspecified atom stereocenters. The van der Waals surface area contributed by atoms with E-state index < -0.39 is 0 Å². The second-order valence-corrected chi connectivity index (χ2v) is 5.13. The molecule has 0 amide bonds. The molecule has 0 heterocycles. The van der Waals surface area contributed by atoms with Crippen molar-refractivity contribution in [3.8, 4) is 0 Å². The molecule has 2 heteroatoms. The van der Waals surface area contributed by atoms with Crippen LogP contribution in [0.2, 0.25) is 0 Å². The highest BCUT2D eigenvalue weighted by atomic mass is 16.3. The molecule has 0 aromatic heterocycles. The maximum absolute atomic E-state index is 9.63. The van der Waals surface area contributed by atoms with Crippen molar-refractivity contribution in [3.63, 3.8) is 0 Å². The molecule has 0 saturated heterocycles. The molecule has 0 spiro atoms. The number of hydrogen-bond acceptors (Lipinski definition) is 2. The first-order valence-electron chi connectivity index (χ1n) is 6.08. The van der Waals surface area contributed by atoms with E-state index in [4.69, 9.17) is 0 Å². The van der Waals surface area contributed by atoms with E-state index >= 15 is 0 Å². The predicted octanol–water partition coefficient (Wildman–Crippen LogP) is 2.20. The van der Waals surface area contributed by atoms with Crippen molar-refractivity contribution in [1.29, 1.82) is 0 Å². The third-order valence-corrected chi connectivity index (χ3v) is 3.53. The van der Waals surface area contributed by atoms with E-state index in [-0.39, 0.29) is 12.1 Å². The molecule has 1 fully saturated rings. The lowest BCUT2D eigenvalue weighted by Crippen LogP contribution is -2.44. The van der Waals surface area contributed by atoms with Gasteiger partial charge in [-0.3, -0.25) is 0 Å². The van der Waals surface area contributed by atoms with Gasteiger partial charge in [-0.25, -0.2) is 0 Å². The minimum atomic E-state index is -0.298. The van der Waals surface area contributed by atoms with Gasteiger partial charge in [0.05, 0.1) is 12.1 Å². The van der Waals surface area contributed by atoms with Crippen LogP contribution in [-0.2, 0) is 5.54 Å². The van der Waals surface area contributed by atoms with Gasteiger partial charge < -0.3 is 10.4 Å². The molecule has 88 valence electrons. The minimum absolute atomic E-state index is 0.143. The summed E-state index contributed by atoms with van der Waals surface area (Å²) in [4.78, 5) is 0. The molecule has 0 bridgehead atoms. The molecule has 0 radical (unpaired) electrons. The van der Waals surface area contributed by atoms with E-state index in [1.807, 2.05) is 12.1 Å². The summed E-state index contributed by atoms with van der Waals surface area (Å²) < 4.78 is 0. The lowest BCUT2D eigenvalue weighted by Gasteiger charge is -2.31. The Morgan fingerprint density at radius 1 is 1.38 bits per heavy atom. The van der Waals surface area contributed by atoms with E-state index in [0.717, 1.165) is 12.5 Å². The molecule has 2 rings (SSSR count). The maximum Gasteiger partial charge on any atom is 0.0652 e. The van der Waals surface area contributed by atoms with Crippen molar-refractivity contribution >= 4 is 0 Å². The molecule has 2 nitrogen and oxygen atoms in total. The first-order chi connectivity index (χ1) is 7.65. The normalized spacial score (nSPS) is 19.4. The van der Waals surface area contributed by atoms with Gasteiger partial charge in [-0.2, -0.15) is 0 Å². The van der Waals surface area contributed by atoms with Crippen LogP contribution in [0.3, 0.4) is 0 Å². The van der Waals surface area contributed by atoms with Gasteiger partial charge in [0.25, 0.3) is 0 Å². The van der Waals surface area contributed by atoms with Crippen molar-refractivity contribution in [1.82, 2.24) is 5.32 Å². The Kier molecular flexibility index (Phi) is 3.31. The van der Waals surface area contributed by atoms with E-state index in [1.165, 1.54) is 24.0 Å². The van der Waals surface area contributed by atoms with Gasteiger partial charge in [-0.05, 0) is 50.3 Å². The molecule has 2 N–H and O–H groups in total. The van der Waals surface area contributed by atoms with Gasteiger partial charge in [-0.1, -0.05) is 24.3 Å². The zero-order valence-electron chi connectivity index (χ0n) is 10.2. The van der Waals surface area contributed by atoms with Crippen LogP contribution in [0.4, 0.5) is 0 Å². The van der Waals surface area contributed by atoms with E-state index in [1.54, 1.807) is 0 Å². The molecule has 0 aliphatic heterocycles. The van der Waals surface area contributed by atoms with Crippen LogP contribution in [0, 0.1) is 12.8 Å². The fraction of sp³-hybridized carbons (Fsp3) is 0.571. The number of aryl methyl sites for hydroxylation is 1. The average Bonchev–Trinajstić information content (AvgIpc) is 3.10. The molecular weight excluding hydrogens is 198 g/mol. The number of aliphatic hydroxyl groups excluding tert-OH is 1. The molecule has 1 aliphatic carbocycles. The van der Waals surface area contributed by atoms with E-state index in [9.17, 15) is 5.11 Å². The lowest BCUT2D eigenvalue weighted by molar-refractivity contribution is 0.173. The summed E-state index contributed by atoms with van der Waals surface area (Å²) in [6, 6.07) is 8.28. The van der Waals surface area contributed by atoms with E-state index in [2.05, 4.69) is 31.3 Å². The van der Waals surface area contributed by atoms with Crippen LogP contribution in [-0.4, -0.2) is 18.3 Å². The first-order valence-corrected chi connectivity index (χ1v) is 6.08. The van der Waals surface area contributed by atoms with Crippen LogP contribution < -0.4 is 5.32 Å². The molecule has 1 saturated carbocycles. The Hall–Kier alpha value is -0.860. The number of nitrogens with one attached hydrogen (secondary N) is 1. The Labute approximate surface area is 97.7 Å². The van der Waals surface area contributed by atoms with Crippen LogP contribution in [0.15, 0.2) is 24.3 Å². The van der Waals surface area contributed by atoms with Gasteiger partial charge >= 0.3 is 0 Å². The number of hydrogen-bond donors (Lipinski definition) is 2. The minimum Gasteiger partial charge on any atom is -0.394 e. The molecular formula is C14H21NO. The predicted molar refractivity (Wildman–Crippen MR) is 66.3 cm³/mol. The highest BCUT2D eigenvalue weighted by Crippen LogP contribution is 2.30. The highest BCUT2D eigenvalue weighted by molar-refractivity contribution is 5.32. The van der Waals surface area contributed by atoms with Gasteiger partial charge in [0.2, 0.25) is 0 Å². The summed E-state index contributed by atoms with van der Waals surface area (Å²) in [6.45, 7) is 5.34. The van der Waals surface area contributed by atoms with Crippen molar-refractivity contribution < 1.29 is 5.11 Å². The number of aliphatic hydroxyl groups is 1. The van der Waals surface area contributed by atoms with Gasteiger partial charge in [-0.15, -0.1) is 0 Å². The maximum atomic E-state index is 9.63. The Morgan fingerprint density at radius 3 is 2.62 bits per heavy atom. The van der Waals surface area contributed by atoms with Gasteiger partial charge in [0.15, 0.2) is 0 Å². The van der Waals surface area contributed by atoms with Crippen LogP contribution in [0.25, 0.3) is 0 Å². The summed E-state index contributed by atoms with van der Waals surface area (Å²) in [6.07, 6.45) is 2.67. The second kappa shape index (κ2) is 4.56. The van der Waals surface area contributed by atoms with Crippen molar-refractivity contribution in [2.24, 2.45) is 5.92 Å². The summed E-state index contributed by atoms with van der Waals surface area (Å²) >= 11 is 0. The Morgan fingerprint density at radius 2 is 2.06 bits per heavy atom. The van der Waals surface area contributed by atoms with Crippen LogP contribution in [0.5, 0.6) is 0 Å². The van der Waals surface area contributed by atoms with Gasteiger partial charge in [0.1, 0.15) is 0 Å². The Balaban J connectivity index is 2.15. The molecule has 1 aromatic carbocycles. The van der Waals surface area contributed by atoms with Crippen molar-refractivity contribution in [2.75, 3.05) is 13.2 Å². The molecule has 16 heavy (non-hydrogen) atoms. The van der Waals surface area contributed by atoms with Gasteiger partial charge in [0, 0.05) is 0 Å². The summed E-state index contributed by atoms with van der Waals surface area (Å²) in [5, 5.41) is 13.1. The zero-order valence-corrected chi connectivity index (χ0v) is 10.2. The average molecular weight is 219 g/mol. The van der Waals surface area contributed by atoms with Crippen molar-refractivity contribution in [3.05, 3.63) is 35.4 Å². The summed E-state index contributed by atoms with van der Waals surface area (Å²) in [5.41, 5.74) is 2.15. The summed E-state index contributed by atoms with van der Waals surface area (Å²) in [5.74, 6) is 0.829. The largest absolute Gasteiger partial charge is 0.394 e. The Bertz CT molecular complexity index is 360. The molecule has 1 aromatic rings. The van der Waals surface area contributed by atoms with Crippen molar-refractivity contribution in [2.45, 2.75) is 32.2 Å². The second-order valence-electron chi connectivity index (χ2n) is 5.13. The smallest absolute Gasteiger partial charge is 0.0652 e. The highest BCUT2D eigenvalue weighted by Gasteiger charge is 2.30. The fourth-order valence-electron chi connectivity index (χ4n) is 2.12. The fourth-order valence-corrected chi connectivity index (χ4v) is 2.12. The lowest BCUT2D eigenvalue weighted by atomic mass is 9.89. The summed E-state index contributed by atoms with van der Waals surface area (Å²) in [7, 11) is 0. The first kappa shape index (κ1) is 11.6. The molecule has 1 atom stereocenters. The third-order valence-electron chi connectivity index (χ3n) is 3.53. The number of benzene rings is 1. The monoisotopic (exact) mass is 219 g/mol. The number of rotatable bonds is 5. The standard InChI is InChI=1S/C14H21NO/c1-11-5-3-4-6-13(11)14(2,10-16)15-9-12-7-8-12/h3-6,12,15-16H,7-10H2,1-2H3. The van der Waals surface area contributed by atoms with E-state index in [0.29, 0.717) is 0 Å². The quantitative estimate of drug-likeness (QED) is 0.795. The molecule has 1 aliphatic rings. The SMILES string of the molecule is Cc1ccccc1C(C)(CO)NCC1CC1. The van der Waals surface area contributed by atoms with Crippen LogP contribution >= 0.6 is 0 Å². The third kappa shape index (κ3) is 2.45. The topological polar surface area (TPSA) is 32.3 Å². The van der Waals surface area contributed by atoms with Crippen LogP contribution in [0.1, 0.15) is 30.9 Å². The zero-order chi connectivity index (χ0) is 11.6.